The van der Waals surface area contributed by atoms with E-state index in [1.165, 1.54) is 12.1 Å². The van der Waals surface area contributed by atoms with Crippen molar-refractivity contribution < 1.29 is 23.8 Å². The van der Waals surface area contributed by atoms with Crippen LogP contribution in [0.1, 0.15) is 28.8 Å². The lowest BCUT2D eigenvalue weighted by molar-refractivity contribution is -0.143. The summed E-state index contributed by atoms with van der Waals surface area (Å²) in [5.41, 5.74) is 1.35. The molecule has 0 spiro atoms. The van der Waals surface area contributed by atoms with E-state index in [1.807, 2.05) is 6.07 Å². The minimum absolute atomic E-state index is 0.110. The number of halogens is 1. The third-order valence-electron chi connectivity index (χ3n) is 4.51. The van der Waals surface area contributed by atoms with E-state index in [2.05, 4.69) is 0 Å². The number of carbonyl (C=O) groups is 2. The molecule has 1 aliphatic rings. The molecule has 6 heteroatoms. The first-order chi connectivity index (χ1) is 12.5. The molecule has 0 aliphatic carbocycles. The van der Waals surface area contributed by atoms with Crippen LogP contribution >= 0.6 is 0 Å². The van der Waals surface area contributed by atoms with Crippen molar-refractivity contribution in [2.45, 2.75) is 19.4 Å². The summed E-state index contributed by atoms with van der Waals surface area (Å²) in [4.78, 5) is 25.3. The van der Waals surface area contributed by atoms with E-state index < -0.39 is 5.97 Å². The molecule has 5 nitrogen and oxygen atoms in total. The number of amides is 1. The van der Waals surface area contributed by atoms with Gasteiger partial charge in [0.2, 0.25) is 0 Å². The molecule has 26 heavy (non-hydrogen) atoms. The smallest absolute Gasteiger partial charge is 0.306 e. The van der Waals surface area contributed by atoms with Gasteiger partial charge in [-0.25, -0.2) is 4.39 Å². The van der Waals surface area contributed by atoms with Crippen LogP contribution in [0.5, 0.6) is 5.75 Å². The Hall–Kier alpha value is -2.89. The SMILES string of the molecule is O=C(O)C1CCN(C(=O)c2cccc(COc3cccc(F)c3)c2)CC1. The van der Waals surface area contributed by atoms with E-state index in [0.717, 1.165) is 5.56 Å². The highest BCUT2D eigenvalue weighted by atomic mass is 19.1. The third kappa shape index (κ3) is 4.39. The van der Waals surface area contributed by atoms with E-state index in [4.69, 9.17) is 9.84 Å². The average molecular weight is 357 g/mol. The average Bonchev–Trinajstić information content (AvgIpc) is 2.66. The van der Waals surface area contributed by atoms with Crippen LogP contribution in [0.25, 0.3) is 0 Å². The van der Waals surface area contributed by atoms with Gasteiger partial charge in [-0.2, -0.15) is 0 Å². The van der Waals surface area contributed by atoms with Gasteiger partial charge in [0.25, 0.3) is 5.91 Å². The zero-order valence-corrected chi connectivity index (χ0v) is 14.2. The normalized spacial score (nSPS) is 14.9. The van der Waals surface area contributed by atoms with Gasteiger partial charge in [0.05, 0.1) is 5.92 Å². The summed E-state index contributed by atoms with van der Waals surface area (Å²) >= 11 is 0. The molecule has 0 saturated carbocycles. The number of hydrogen-bond acceptors (Lipinski definition) is 3. The molecule has 2 aromatic rings. The Morgan fingerprint density at radius 2 is 1.85 bits per heavy atom. The zero-order valence-electron chi connectivity index (χ0n) is 14.2. The molecule has 1 fully saturated rings. The van der Waals surface area contributed by atoms with E-state index >= 15 is 0 Å². The quantitative estimate of drug-likeness (QED) is 0.891. The van der Waals surface area contributed by atoms with Crippen molar-refractivity contribution in [1.82, 2.24) is 4.90 Å². The van der Waals surface area contributed by atoms with Crippen LogP contribution in [0, 0.1) is 11.7 Å². The lowest BCUT2D eigenvalue weighted by Gasteiger charge is -2.30. The standard InChI is InChI=1S/C20H20FNO4/c21-17-5-2-6-18(12-17)26-13-14-3-1-4-16(11-14)19(23)22-9-7-15(8-10-22)20(24)25/h1-6,11-12,15H,7-10,13H2,(H,24,25). The highest BCUT2D eigenvalue weighted by molar-refractivity contribution is 5.94. The van der Waals surface area contributed by atoms with Crippen LogP contribution in [0.15, 0.2) is 48.5 Å². The minimum atomic E-state index is -0.798. The zero-order chi connectivity index (χ0) is 18.5. The second kappa shape index (κ2) is 7.99. The van der Waals surface area contributed by atoms with Gasteiger partial charge in [-0.15, -0.1) is 0 Å². The van der Waals surface area contributed by atoms with Crippen molar-refractivity contribution in [2.24, 2.45) is 5.92 Å². The molecule has 136 valence electrons. The van der Waals surface area contributed by atoms with E-state index in [0.29, 0.717) is 37.2 Å². The number of piperidine rings is 1. The summed E-state index contributed by atoms with van der Waals surface area (Å²) in [6, 6.07) is 13.0. The number of likely N-dealkylation sites (tertiary alicyclic amines) is 1. The topological polar surface area (TPSA) is 66.8 Å². The fraction of sp³-hybridized carbons (Fsp3) is 0.300. The largest absolute Gasteiger partial charge is 0.489 e. The Morgan fingerprint density at radius 3 is 2.54 bits per heavy atom. The van der Waals surface area contributed by atoms with E-state index in [9.17, 15) is 14.0 Å². The molecule has 3 rings (SSSR count). The Bertz CT molecular complexity index is 800. The number of ether oxygens (including phenoxy) is 1. The first-order valence-electron chi connectivity index (χ1n) is 8.52. The lowest BCUT2D eigenvalue weighted by Crippen LogP contribution is -2.40. The fourth-order valence-electron chi connectivity index (χ4n) is 3.03. The Morgan fingerprint density at radius 1 is 1.12 bits per heavy atom. The highest BCUT2D eigenvalue weighted by Gasteiger charge is 2.27. The van der Waals surface area contributed by atoms with Crippen LogP contribution in [-0.4, -0.2) is 35.0 Å². The molecule has 2 aromatic carbocycles. The van der Waals surface area contributed by atoms with Crippen LogP contribution in [0.2, 0.25) is 0 Å². The van der Waals surface area contributed by atoms with E-state index in [1.54, 1.807) is 35.2 Å². The monoisotopic (exact) mass is 357 g/mol. The first kappa shape index (κ1) is 17.9. The van der Waals surface area contributed by atoms with E-state index in [-0.39, 0.29) is 24.2 Å². The number of carbonyl (C=O) groups excluding carboxylic acids is 1. The molecule has 0 aromatic heterocycles. The number of carboxylic acid groups (broad SMARTS) is 1. The number of carboxylic acids is 1. The van der Waals surface area contributed by atoms with Gasteiger partial charge in [-0.1, -0.05) is 18.2 Å². The summed E-state index contributed by atoms with van der Waals surface area (Å²) in [5, 5.41) is 9.05. The summed E-state index contributed by atoms with van der Waals surface area (Å²) < 4.78 is 18.7. The fourth-order valence-corrected chi connectivity index (χ4v) is 3.03. The van der Waals surface area contributed by atoms with Gasteiger partial charge in [-0.3, -0.25) is 9.59 Å². The van der Waals surface area contributed by atoms with Crippen LogP contribution in [-0.2, 0) is 11.4 Å². The van der Waals surface area contributed by atoms with Gasteiger partial charge in [0.15, 0.2) is 0 Å². The summed E-state index contributed by atoms with van der Waals surface area (Å²) in [7, 11) is 0. The van der Waals surface area contributed by atoms with Gasteiger partial charge < -0.3 is 14.7 Å². The van der Waals surface area contributed by atoms with Crippen LogP contribution in [0.3, 0.4) is 0 Å². The number of rotatable bonds is 5. The predicted molar refractivity (Wildman–Crippen MR) is 93.4 cm³/mol. The molecule has 1 N–H and O–H groups in total. The molecule has 1 aliphatic heterocycles. The van der Waals surface area contributed by atoms with Crippen LogP contribution in [0.4, 0.5) is 4.39 Å². The van der Waals surface area contributed by atoms with Gasteiger partial charge >= 0.3 is 5.97 Å². The molecular weight excluding hydrogens is 337 g/mol. The predicted octanol–water partition coefficient (Wildman–Crippen LogP) is 3.34. The minimum Gasteiger partial charge on any atom is -0.489 e. The maximum absolute atomic E-state index is 13.2. The molecule has 0 unspecified atom stereocenters. The lowest BCUT2D eigenvalue weighted by atomic mass is 9.96. The number of nitrogens with zero attached hydrogens (tertiary/aromatic N) is 1. The van der Waals surface area contributed by atoms with Crippen molar-refractivity contribution in [2.75, 3.05) is 13.1 Å². The molecular formula is C20H20FNO4. The second-order valence-corrected chi connectivity index (χ2v) is 6.35. The first-order valence-corrected chi connectivity index (χ1v) is 8.52. The van der Waals surface area contributed by atoms with Crippen molar-refractivity contribution in [3.8, 4) is 5.75 Å². The summed E-state index contributed by atoms with van der Waals surface area (Å²) in [6.07, 6.45) is 0.951. The molecule has 1 heterocycles. The molecule has 1 amide bonds. The maximum atomic E-state index is 13.2. The Balaban J connectivity index is 1.61. The summed E-state index contributed by atoms with van der Waals surface area (Å²) in [5.74, 6) is -1.21. The molecule has 0 bridgehead atoms. The summed E-state index contributed by atoms with van der Waals surface area (Å²) in [6.45, 7) is 1.12. The van der Waals surface area contributed by atoms with Crippen molar-refractivity contribution in [3.63, 3.8) is 0 Å². The van der Waals surface area contributed by atoms with Crippen molar-refractivity contribution in [3.05, 3.63) is 65.5 Å². The van der Waals surface area contributed by atoms with Crippen molar-refractivity contribution in [1.29, 1.82) is 0 Å². The molecule has 0 radical (unpaired) electrons. The van der Waals surface area contributed by atoms with Crippen molar-refractivity contribution >= 4 is 11.9 Å². The second-order valence-electron chi connectivity index (χ2n) is 6.35. The van der Waals surface area contributed by atoms with Gasteiger partial charge in [0.1, 0.15) is 18.2 Å². The maximum Gasteiger partial charge on any atom is 0.306 e. The van der Waals surface area contributed by atoms with Gasteiger partial charge in [-0.05, 0) is 42.7 Å². The Kier molecular flexibility index (Phi) is 5.51. The highest BCUT2D eigenvalue weighted by Crippen LogP contribution is 2.20. The third-order valence-corrected chi connectivity index (χ3v) is 4.51. The van der Waals surface area contributed by atoms with Crippen LogP contribution < -0.4 is 4.74 Å². The molecule has 1 saturated heterocycles. The Labute approximate surface area is 151 Å². The molecule has 0 atom stereocenters. The van der Waals surface area contributed by atoms with Gasteiger partial charge in [0, 0.05) is 24.7 Å². The number of benzene rings is 2. The number of aliphatic carboxylic acids is 1. The number of hydrogen-bond donors (Lipinski definition) is 1.